The number of hydrogen-bond donors (Lipinski definition) is 2. The molecule has 0 bridgehead atoms. The summed E-state index contributed by atoms with van der Waals surface area (Å²) in [6.45, 7) is 0.280. The number of carbonyl (C=O) groups is 1. The topological polar surface area (TPSA) is 97.2 Å². The standard InChI is InChI=1S/C14H14N4O3/c1-15-13-4-2-3-12(17-13)14(19)16-9-10-5-7-11(8-6-10)18(20)21/h2-8H,9H2,1H3,(H,15,17)(H,16,19). The van der Waals surface area contributed by atoms with Crippen LogP contribution < -0.4 is 10.6 Å². The molecule has 2 rings (SSSR count). The van der Waals surface area contributed by atoms with Crippen LogP contribution in [0.2, 0.25) is 0 Å². The fraction of sp³-hybridized carbons (Fsp3) is 0.143. The summed E-state index contributed by atoms with van der Waals surface area (Å²) in [5.41, 5.74) is 1.11. The summed E-state index contributed by atoms with van der Waals surface area (Å²) in [5.74, 6) is 0.309. The van der Waals surface area contributed by atoms with E-state index in [1.807, 2.05) is 0 Å². The molecule has 0 radical (unpaired) electrons. The van der Waals surface area contributed by atoms with Crippen molar-refractivity contribution in [3.05, 3.63) is 63.8 Å². The van der Waals surface area contributed by atoms with Gasteiger partial charge >= 0.3 is 0 Å². The van der Waals surface area contributed by atoms with E-state index in [4.69, 9.17) is 0 Å². The first-order chi connectivity index (χ1) is 10.1. The zero-order valence-corrected chi connectivity index (χ0v) is 11.4. The van der Waals surface area contributed by atoms with Gasteiger partial charge < -0.3 is 10.6 Å². The molecular weight excluding hydrogens is 272 g/mol. The predicted octanol–water partition coefficient (Wildman–Crippen LogP) is 1.96. The maximum atomic E-state index is 12.0. The van der Waals surface area contributed by atoms with Crippen LogP contribution in [0.1, 0.15) is 16.1 Å². The molecule has 7 heteroatoms. The van der Waals surface area contributed by atoms with Gasteiger partial charge in [0.1, 0.15) is 11.5 Å². The first kappa shape index (κ1) is 14.4. The fourth-order valence-electron chi connectivity index (χ4n) is 1.71. The van der Waals surface area contributed by atoms with Crippen molar-refractivity contribution in [3.63, 3.8) is 0 Å². The number of nitrogens with one attached hydrogen (secondary N) is 2. The number of hydrogen-bond acceptors (Lipinski definition) is 5. The number of anilines is 1. The lowest BCUT2D eigenvalue weighted by Crippen LogP contribution is -2.23. The molecule has 7 nitrogen and oxygen atoms in total. The van der Waals surface area contributed by atoms with Gasteiger partial charge in [0, 0.05) is 25.7 Å². The van der Waals surface area contributed by atoms with Gasteiger partial charge in [-0.3, -0.25) is 14.9 Å². The lowest BCUT2D eigenvalue weighted by Gasteiger charge is -2.06. The van der Waals surface area contributed by atoms with Gasteiger partial charge in [-0.1, -0.05) is 18.2 Å². The largest absolute Gasteiger partial charge is 0.373 e. The van der Waals surface area contributed by atoms with E-state index >= 15 is 0 Å². The minimum atomic E-state index is -0.463. The Morgan fingerprint density at radius 2 is 1.95 bits per heavy atom. The Labute approximate surface area is 121 Å². The van der Waals surface area contributed by atoms with E-state index in [1.165, 1.54) is 12.1 Å². The van der Waals surface area contributed by atoms with Gasteiger partial charge in [-0.05, 0) is 17.7 Å². The molecule has 1 amide bonds. The van der Waals surface area contributed by atoms with Crippen LogP contribution in [-0.4, -0.2) is 22.9 Å². The number of nitrogens with zero attached hydrogens (tertiary/aromatic N) is 2. The van der Waals surface area contributed by atoms with E-state index < -0.39 is 4.92 Å². The van der Waals surface area contributed by atoms with E-state index in [0.717, 1.165) is 5.56 Å². The van der Waals surface area contributed by atoms with Crippen LogP contribution in [0, 0.1) is 10.1 Å². The van der Waals surface area contributed by atoms with Gasteiger partial charge in [0.05, 0.1) is 4.92 Å². The van der Waals surface area contributed by atoms with Gasteiger partial charge in [0.25, 0.3) is 11.6 Å². The SMILES string of the molecule is CNc1cccc(C(=O)NCc2ccc([N+](=O)[O-])cc2)n1. The molecule has 0 aliphatic heterocycles. The Hall–Kier alpha value is -2.96. The van der Waals surface area contributed by atoms with Gasteiger partial charge in [-0.2, -0.15) is 0 Å². The monoisotopic (exact) mass is 286 g/mol. The number of nitro benzene ring substituents is 1. The molecule has 0 unspecified atom stereocenters. The first-order valence-electron chi connectivity index (χ1n) is 6.26. The highest BCUT2D eigenvalue weighted by Crippen LogP contribution is 2.12. The molecule has 0 fully saturated rings. The van der Waals surface area contributed by atoms with E-state index in [0.29, 0.717) is 11.5 Å². The average molecular weight is 286 g/mol. The molecular formula is C14H14N4O3. The molecule has 0 saturated carbocycles. The quantitative estimate of drug-likeness (QED) is 0.647. The maximum absolute atomic E-state index is 12.0. The predicted molar refractivity (Wildman–Crippen MR) is 78.1 cm³/mol. The van der Waals surface area contributed by atoms with Gasteiger partial charge in [-0.15, -0.1) is 0 Å². The lowest BCUT2D eigenvalue weighted by atomic mass is 10.2. The second kappa shape index (κ2) is 6.47. The van der Waals surface area contributed by atoms with Crippen molar-refractivity contribution < 1.29 is 9.72 Å². The normalized spacial score (nSPS) is 9.95. The average Bonchev–Trinajstić information content (AvgIpc) is 2.53. The number of nitro groups is 1. The number of aromatic nitrogens is 1. The molecule has 0 aliphatic carbocycles. The lowest BCUT2D eigenvalue weighted by molar-refractivity contribution is -0.384. The Morgan fingerprint density at radius 3 is 2.57 bits per heavy atom. The van der Waals surface area contributed by atoms with Gasteiger partial charge in [0.15, 0.2) is 0 Å². The van der Waals surface area contributed by atoms with Gasteiger partial charge in [-0.25, -0.2) is 4.98 Å². The molecule has 1 aromatic heterocycles. The zero-order chi connectivity index (χ0) is 15.2. The highest BCUT2D eigenvalue weighted by atomic mass is 16.6. The molecule has 108 valence electrons. The van der Waals surface area contributed by atoms with Crippen LogP contribution in [0.15, 0.2) is 42.5 Å². The third kappa shape index (κ3) is 3.75. The number of pyridine rings is 1. The molecule has 0 saturated heterocycles. The number of rotatable bonds is 5. The molecule has 21 heavy (non-hydrogen) atoms. The van der Waals surface area contributed by atoms with Crippen molar-refractivity contribution in [1.29, 1.82) is 0 Å². The summed E-state index contributed by atoms with van der Waals surface area (Å²) in [5, 5.41) is 16.1. The number of amides is 1. The zero-order valence-electron chi connectivity index (χ0n) is 11.4. The van der Waals surface area contributed by atoms with Crippen LogP contribution in [0.5, 0.6) is 0 Å². The Bertz CT molecular complexity index is 656. The van der Waals surface area contributed by atoms with E-state index in [2.05, 4.69) is 15.6 Å². The molecule has 0 spiro atoms. The van der Waals surface area contributed by atoms with Crippen molar-refractivity contribution in [1.82, 2.24) is 10.3 Å². The highest BCUT2D eigenvalue weighted by Gasteiger charge is 2.08. The molecule has 2 N–H and O–H groups in total. The maximum Gasteiger partial charge on any atom is 0.270 e. The minimum Gasteiger partial charge on any atom is -0.373 e. The fourth-order valence-corrected chi connectivity index (χ4v) is 1.71. The van der Waals surface area contributed by atoms with Crippen molar-refractivity contribution in [3.8, 4) is 0 Å². The number of carbonyl (C=O) groups excluding carboxylic acids is 1. The van der Waals surface area contributed by atoms with E-state index in [1.54, 1.807) is 37.4 Å². The Morgan fingerprint density at radius 1 is 1.24 bits per heavy atom. The molecule has 1 heterocycles. The van der Waals surface area contributed by atoms with Crippen LogP contribution in [0.25, 0.3) is 0 Å². The Balaban J connectivity index is 1.98. The molecule has 0 atom stereocenters. The van der Waals surface area contributed by atoms with E-state index in [9.17, 15) is 14.9 Å². The third-order valence-corrected chi connectivity index (χ3v) is 2.84. The van der Waals surface area contributed by atoms with E-state index in [-0.39, 0.29) is 18.1 Å². The van der Waals surface area contributed by atoms with Crippen molar-refractivity contribution >= 4 is 17.4 Å². The highest BCUT2D eigenvalue weighted by molar-refractivity contribution is 5.92. The second-order valence-corrected chi connectivity index (χ2v) is 4.26. The molecule has 2 aromatic rings. The number of benzene rings is 1. The summed E-state index contributed by atoms with van der Waals surface area (Å²) in [6, 6.07) is 11.1. The number of non-ortho nitro benzene ring substituents is 1. The molecule has 1 aromatic carbocycles. The summed E-state index contributed by atoms with van der Waals surface area (Å²) in [4.78, 5) is 26.2. The molecule has 0 aliphatic rings. The van der Waals surface area contributed by atoms with Crippen molar-refractivity contribution in [2.75, 3.05) is 12.4 Å². The summed E-state index contributed by atoms with van der Waals surface area (Å²) in [6.07, 6.45) is 0. The first-order valence-corrected chi connectivity index (χ1v) is 6.26. The van der Waals surface area contributed by atoms with Gasteiger partial charge in [0.2, 0.25) is 0 Å². The summed E-state index contributed by atoms with van der Waals surface area (Å²) >= 11 is 0. The van der Waals surface area contributed by atoms with Crippen LogP contribution in [0.4, 0.5) is 11.5 Å². The van der Waals surface area contributed by atoms with Crippen molar-refractivity contribution in [2.24, 2.45) is 0 Å². The third-order valence-electron chi connectivity index (χ3n) is 2.84. The Kier molecular flexibility index (Phi) is 4.45. The smallest absolute Gasteiger partial charge is 0.270 e. The van der Waals surface area contributed by atoms with Crippen LogP contribution >= 0.6 is 0 Å². The van der Waals surface area contributed by atoms with Crippen molar-refractivity contribution in [2.45, 2.75) is 6.54 Å². The van der Waals surface area contributed by atoms with Crippen LogP contribution in [0.3, 0.4) is 0 Å². The summed E-state index contributed by atoms with van der Waals surface area (Å²) in [7, 11) is 1.72. The second-order valence-electron chi connectivity index (χ2n) is 4.26. The summed E-state index contributed by atoms with van der Waals surface area (Å²) < 4.78 is 0. The minimum absolute atomic E-state index is 0.0217. The van der Waals surface area contributed by atoms with Crippen LogP contribution in [-0.2, 0) is 6.54 Å².